The van der Waals surface area contributed by atoms with Crippen LogP contribution in [0.1, 0.15) is 69.4 Å². The maximum Gasteiger partial charge on any atom is 0.338 e. The number of hydrogen-bond donors (Lipinski definition) is 0. The molecule has 2 aromatic heterocycles. The molecule has 9 nitrogen and oxygen atoms in total. The van der Waals surface area contributed by atoms with Gasteiger partial charge in [-0.1, -0.05) is 62.8 Å². The molecule has 0 unspecified atom stereocenters. The number of nitro benzene ring substituents is 1. The van der Waals surface area contributed by atoms with Crippen molar-refractivity contribution in [1.82, 2.24) is 4.57 Å². The van der Waals surface area contributed by atoms with E-state index in [0.29, 0.717) is 54.5 Å². The van der Waals surface area contributed by atoms with E-state index in [2.05, 4.69) is 29.8 Å². The Morgan fingerprint density at radius 3 is 2.56 bits per heavy atom. The summed E-state index contributed by atoms with van der Waals surface area (Å²) < 4.78 is 14.0. The zero-order valence-electron chi connectivity index (χ0n) is 24.1. The highest BCUT2D eigenvalue weighted by Crippen LogP contribution is 2.34. The Kier molecular flexibility index (Phi) is 8.93. The normalized spacial score (nSPS) is 15.0. The predicted octanol–water partition coefficient (Wildman–Crippen LogP) is 6.63. The summed E-state index contributed by atoms with van der Waals surface area (Å²) in [6.07, 6.45) is 2.98. The Morgan fingerprint density at radius 2 is 1.93 bits per heavy atom. The van der Waals surface area contributed by atoms with E-state index in [1.165, 1.54) is 23.5 Å². The van der Waals surface area contributed by atoms with Gasteiger partial charge in [0.05, 0.1) is 33.4 Å². The summed E-state index contributed by atoms with van der Waals surface area (Å²) in [6, 6.07) is 15.2. The second-order valence-electron chi connectivity index (χ2n) is 10.4. The molecular weight excluding hydrogens is 634 g/mol. The lowest BCUT2D eigenvalue weighted by Gasteiger charge is -2.26. The molecule has 0 N–H and O–H groups in total. The van der Waals surface area contributed by atoms with Crippen LogP contribution < -0.4 is 14.9 Å². The summed E-state index contributed by atoms with van der Waals surface area (Å²) in [7, 11) is 0. The van der Waals surface area contributed by atoms with E-state index in [9.17, 15) is 19.7 Å². The van der Waals surface area contributed by atoms with E-state index in [1.807, 2.05) is 31.2 Å². The van der Waals surface area contributed by atoms with Gasteiger partial charge in [-0.25, -0.2) is 9.79 Å². The minimum Gasteiger partial charge on any atom is -0.463 e. The lowest BCUT2D eigenvalue weighted by molar-refractivity contribution is -0.384. The molecular formula is C32H30BrN3O6S. The summed E-state index contributed by atoms with van der Waals surface area (Å²) >= 11 is 4.62. The first-order valence-electron chi connectivity index (χ1n) is 14.0. The largest absolute Gasteiger partial charge is 0.463 e. The monoisotopic (exact) mass is 663 g/mol. The van der Waals surface area contributed by atoms with Crippen LogP contribution in [-0.4, -0.2) is 22.1 Å². The van der Waals surface area contributed by atoms with Crippen LogP contribution in [-0.2, 0) is 9.53 Å². The molecule has 3 heterocycles. The molecule has 1 aliphatic rings. The SMILES string of the molecule is CCCC1=C(C(=O)OCC)[C@@H](c2ccc(C(C)C)cc2)n2c(s/c(=C\c3ccc(-c4ccc([N+](=O)[O-])cc4Br)o3)c2=O)=N1. The molecule has 0 saturated heterocycles. The number of hydrogen-bond acceptors (Lipinski definition) is 8. The summed E-state index contributed by atoms with van der Waals surface area (Å²) in [5.74, 6) is 0.767. The molecule has 1 aliphatic heterocycles. The molecule has 0 saturated carbocycles. The average molecular weight is 665 g/mol. The third-order valence-electron chi connectivity index (χ3n) is 7.14. The number of aromatic nitrogens is 1. The number of benzene rings is 2. The van der Waals surface area contributed by atoms with E-state index in [1.54, 1.807) is 35.8 Å². The van der Waals surface area contributed by atoms with Gasteiger partial charge in [-0.15, -0.1) is 0 Å². The Morgan fingerprint density at radius 1 is 1.19 bits per heavy atom. The molecule has 5 rings (SSSR count). The standard InChI is InChI=1S/C32H30BrN3O6S/c1-5-7-25-28(31(38)41-6-2)29(20-10-8-19(9-11-20)18(3)4)35-30(37)27(43-32(35)34-25)17-22-13-15-26(42-22)23-14-12-21(36(39)40)16-24(23)33/h8-18,29H,5-7H2,1-4H3/b27-17-/t29-/m1/s1. The fourth-order valence-electron chi connectivity index (χ4n) is 5.02. The molecule has 0 radical (unpaired) electrons. The summed E-state index contributed by atoms with van der Waals surface area (Å²) in [5.41, 5.74) is 3.25. The van der Waals surface area contributed by atoms with Crippen LogP contribution in [0.3, 0.4) is 0 Å². The predicted molar refractivity (Wildman–Crippen MR) is 169 cm³/mol. The topological polar surface area (TPSA) is 117 Å². The van der Waals surface area contributed by atoms with Gasteiger partial charge in [0.1, 0.15) is 11.5 Å². The molecule has 222 valence electrons. The van der Waals surface area contributed by atoms with Crippen LogP contribution in [0.2, 0.25) is 0 Å². The number of carbonyl (C=O) groups is 1. The van der Waals surface area contributed by atoms with Crippen LogP contribution in [0.25, 0.3) is 17.4 Å². The van der Waals surface area contributed by atoms with Gasteiger partial charge in [-0.2, -0.15) is 0 Å². The molecule has 0 amide bonds. The number of allylic oxidation sites excluding steroid dienone is 1. The quantitative estimate of drug-likeness (QED) is 0.113. The smallest absolute Gasteiger partial charge is 0.338 e. The van der Waals surface area contributed by atoms with Gasteiger partial charge in [-0.05, 0) is 64.5 Å². The van der Waals surface area contributed by atoms with Crippen LogP contribution in [0.15, 0.2) is 84.5 Å². The van der Waals surface area contributed by atoms with Crippen LogP contribution in [0, 0.1) is 10.1 Å². The minimum atomic E-state index is -0.691. The molecule has 1 atom stereocenters. The number of fused-ring (bicyclic) bond motifs is 1. The van der Waals surface area contributed by atoms with Gasteiger partial charge in [0.2, 0.25) is 0 Å². The Labute approximate surface area is 260 Å². The van der Waals surface area contributed by atoms with Crippen molar-refractivity contribution >= 4 is 45.0 Å². The highest BCUT2D eigenvalue weighted by Gasteiger charge is 2.34. The Balaban J connectivity index is 1.64. The van der Waals surface area contributed by atoms with Gasteiger partial charge >= 0.3 is 5.97 Å². The lowest BCUT2D eigenvalue weighted by Crippen LogP contribution is -2.40. The molecule has 11 heteroatoms. The van der Waals surface area contributed by atoms with Crippen molar-refractivity contribution in [3.05, 3.63) is 117 Å². The van der Waals surface area contributed by atoms with E-state index in [4.69, 9.17) is 14.1 Å². The van der Waals surface area contributed by atoms with Crippen molar-refractivity contribution in [3.8, 4) is 11.3 Å². The third-order valence-corrected chi connectivity index (χ3v) is 8.78. The molecule has 43 heavy (non-hydrogen) atoms. The van der Waals surface area contributed by atoms with E-state index in [0.717, 1.165) is 17.5 Å². The zero-order valence-corrected chi connectivity index (χ0v) is 26.5. The van der Waals surface area contributed by atoms with Crippen molar-refractivity contribution in [1.29, 1.82) is 0 Å². The first-order valence-corrected chi connectivity index (χ1v) is 15.6. The van der Waals surface area contributed by atoms with Gasteiger partial charge in [0.25, 0.3) is 11.2 Å². The molecule has 4 aromatic rings. The average Bonchev–Trinajstić information content (AvgIpc) is 3.56. The van der Waals surface area contributed by atoms with Gasteiger partial charge < -0.3 is 9.15 Å². The number of esters is 1. The Hall–Kier alpha value is -4.09. The Bertz CT molecular complexity index is 1920. The van der Waals surface area contributed by atoms with Crippen molar-refractivity contribution < 1.29 is 18.9 Å². The van der Waals surface area contributed by atoms with Gasteiger partial charge in [-0.3, -0.25) is 19.5 Å². The highest BCUT2D eigenvalue weighted by atomic mass is 79.9. The van der Waals surface area contributed by atoms with Crippen molar-refractivity contribution in [2.75, 3.05) is 6.61 Å². The highest BCUT2D eigenvalue weighted by molar-refractivity contribution is 9.10. The maximum atomic E-state index is 14.0. The van der Waals surface area contributed by atoms with Crippen molar-refractivity contribution in [3.63, 3.8) is 0 Å². The van der Waals surface area contributed by atoms with Crippen molar-refractivity contribution in [2.24, 2.45) is 4.99 Å². The van der Waals surface area contributed by atoms with E-state index in [-0.39, 0.29) is 17.9 Å². The van der Waals surface area contributed by atoms with Gasteiger partial charge in [0.15, 0.2) is 4.80 Å². The molecule has 0 spiro atoms. The fourth-order valence-corrected chi connectivity index (χ4v) is 6.58. The number of nitro groups is 1. The summed E-state index contributed by atoms with van der Waals surface area (Å²) in [4.78, 5) is 43.3. The van der Waals surface area contributed by atoms with Crippen molar-refractivity contribution in [2.45, 2.75) is 52.5 Å². The number of non-ortho nitro benzene ring substituents is 1. The first-order chi connectivity index (χ1) is 20.6. The number of thiazole rings is 1. The van der Waals surface area contributed by atoms with E-state index >= 15 is 0 Å². The number of nitrogens with zero attached hydrogens (tertiary/aromatic N) is 3. The molecule has 0 bridgehead atoms. The summed E-state index contributed by atoms with van der Waals surface area (Å²) in [6.45, 7) is 8.21. The molecule has 2 aromatic carbocycles. The number of furan rings is 1. The fraction of sp³-hybridized carbons (Fsp3) is 0.281. The number of halogens is 1. The lowest BCUT2D eigenvalue weighted by atomic mass is 9.92. The zero-order chi connectivity index (χ0) is 30.8. The minimum absolute atomic E-state index is 0.0402. The number of ether oxygens (including phenoxy) is 1. The van der Waals surface area contributed by atoms with Gasteiger partial charge in [0, 0.05) is 28.2 Å². The first kappa shape index (κ1) is 30.4. The molecule has 0 fully saturated rings. The van der Waals surface area contributed by atoms with E-state index < -0.39 is 16.9 Å². The number of carbonyl (C=O) groups excluding carboxylic acids is 1. The molecule has 0 aliphatic carbocycles. The summed E-state index contributed by atoms with van der Waals surface area (Å²) in [5, 5.41) is 11.1. The third kappa shape index (κ3) is 6.05. The second-order valence-corrected chi connectivity index (χ2v) is 12.2. The van der Waals surface area contributed by atoms with Crippen LogP contribution in [0.4, 0.5) is 5.69 Å². The second kappa shape index (κ2) is 12.6. The van der Waals surface area contributed by atoms with Crippen LogP contribution >= 0.6 is 27.3 Å². The maximum absolute atomic E-state index is 14.0. The number of rotatable bonds is 9. The van der Waals surface area contributed by atoms with Crippen LogP contribution in [0.5, 0.6) is 0 Å².